The minimum absolute atomic E-state index is 0.0297. The van der Waals surface area contributed by atoms with Crippen molar-refractivity contribution in [2.75, 3.05) is 6.54 Å². The molecule has 0 spiro atoms. The van der Waals surface area contributed by atoms with Gasteiger partial charge in [0.05, 0.1) is 0 Å². The first kappa shape index (κ1) is 12.3. The lowest BCUT2D eigenvalue weighted by atomic mass is 9.82. The predicted octanol–water partition coefficient (Wildman–Crippen LogP) is 1.36. The van der Waals surface area contributed by atoms with Crippen LogP contribution >= 0.6 is 0 Å². The van der Waals surface area contributed by atoms with E-state index in [9.17, 15) is 4.79 Å². The Morgan fingerprint density at radius 2 is 2.07 bits per heavy atom. The number of hydrogen-bond acceptors (Lipinski definition) is 2. The number of nitrogens with two attached hydrogens (primary N) is 1. The van der Waals surface area contributed by atoms with Gasteiger partial charge in [-0.2, -0.15) is 0 Å². The van der Waals surface area contributed by atoms with Crippen LogP contribution in [0.3, 0.4) is 0 Å². The number of hydrogen-bond donors (Lipinski definition) is 3. The SMILES string of the molecule is CCCNC(=O)NC1CCC(C)(N)CC1. The van der Waals surface area contributed by atoms with Crippen LogP contribution in [0.2, 0.25) is 0 Å². The van der Waals surface area contributed by atoms with Gasteiger partial charge in [0, 0.05) is 18.1 Å². The third-order valence-corrected chi connectivity index (χ3v) is 3.00. The van der Waals surface area contributed by atoms with Gasteiger partial charge in [-0.25, -0.2) is 4.79 Å². The quantitative estimate of drug-likeness (QED) is 0.662. The van der Waals surface area contributed by atoms with E-state index in [-0.39, 0.29) is 11.6 Å². The topological polar surface area (TPSA) is 67.2 Å². The van der Waals surface area contributed by atoms with Crippen molar-refractivity contribution >= 4 is 6.03 Å². The van der Waals surface area contributed by atoms with Crippen molar-refractivity contribution in [3.63, 3.8) is 0 Å². The molecule has 0 atom stereocenters. The van der Waals surface area contributed by atoms with Crippen LogP contribution in [-0.4, -0.2) is 24.2 Å². The Morgan fingerprint density at radius 3 is 2.60 bits per heavy atom. The first-order valence-corrected chi connectivity index (χ1v) is 5.87. The Hall–Kier alpha value is -0.770. The van der Waals surface area contributed by atoms with Crippen molar-refractivity contribution in [2.24, 2.45) is 5.73 Å². The van der Waals surface area contributed by atoms with Crippen LogP contribution in [-0.2, 0) is 0 Å². The van der Waals surface area contributed by atoms with E-state index in [1.165, 1.54) is 0 Å². The average molecular weight is 213 g/mol. The molecule has 0 aliphatic heterocycles. The first-order valence-electron chi connectivity index (χ1n) is 5.87. The maximum Gasteiger partial charge on any atom is 0.315 e. The molecule has 4 heteroatoms. The summed E-state index contributed by atoms with van der Waals surface area (Å²) in [6, 6.07) is 0.265. The van der Waals surface area contributed by atoms with Crippen molar-refractivity contribution in [1.29, 1.82) is 0 Å². The average Bonchev–Trinajstić information content (AvgIpc) is 2.18. The number of rotatable bonds is 3. The molecule has 0 aromatic carbocycles. The van der Waals surface area contributed by atoms with E-state index in [2.05, 4.69) is 17.6 Å². The summed E-state index contributed by atoms with van der Waals surface area (Å²) in [5, 5.41) is 5.80. The summed E-state index contributed by atoms with van der Waals surface area (Å²) in [5.41, 5.74) is 5.99. The molecule has 1 rings (SSSR count). The lowest BCUT2D eigenvalue weighted by Crippen LogP contribution is -2.48. The van der Waals surface area contributed by atoms with Gasteiger partial charge < -0.3 is 16.4 Å². The highest BCUT2D eigenvalue weighted by Crippen LogP contribution is 2.25. The number of urea groups is 1. The standard InChI is InChI=1S/C11H23N3O/c1-3-8-13-10(15)14-9-4-6-11(2,12)7-5-9/h9H,3-8,12H2,1-2H3,(H2,13,14,15). The second-order valence-electron chi connectivity index (χ2n) is 4.83. The number of carbonyl (C=O) groups is 1. The molecule has 0 bridgehead atoms. The molecule has 0 radical (unpaired) electrons. The molecule has 0 aromatic heterocycles. The van der Waals surface area contributed by atoms with Crippen LogP contribution in [0.25, 0.3) is 0 Å². The maximum atomic E-state index is 11.4. The maximum absolute atomic E-state index is 11.4. The van der Waals surface area contributed by atoms with E-state index in [1.807, 2.05) is 6.92 Å². The molecule has 0 unspecified atom stereocenters. The fourth-order valence-corrected chi connectivity index (χ4v) is 1.90. The molecule has 0 heterocycles. The summed E-state index contributed by atoms with van der Waals surface area (Å²) in [7, 11) is 0. The van der Waals surface area contributed by atoms with Crippen molar-refractivity contribution in [3.05, 3.63) is 0 Å². The number of nitrogens with one attached hydrogen (secondary N) is 2. The second-order valence-corrected chi connectivity index (χ2v) is 4.83. The summed E-state index contributed by atoms with van der Waals surface area (Å²) < 4.78 is 0. The summed E-state index contributed by atoms with van der Waals surface area (Å²) in [4.78, 5) is 11.4. The molecule has 4 nitrogen and oxygen atoms in total. The van der Waals surface area contributed by atoms with Gasteiger partial charge in [-0.15, -0.1) is 0 Å². The van der Waals surface area contributed by atoms with Gasteiger partial charge in [-0.1, -0.05) is 6.92 Å². The van der Waals surface area contributed by atoms with E-state index in [4.69, 9.17) is 5.73 Å². The highest BCUT2D eigenvalue weighted by atomic mass is 16.2. The molecule has 15 heavy (non-hydrogen) atoms. The summed E-state index contributed by atoms with van der Waals surface area (Å²) in [5.74, 6) is 0. The molecular weight excluding hydrogens is 190 g/mol. The highest BCUT2D eigenvalue weighted by Gasteiger charge is 2.27. The van der Waals surface area contributed by atoms with Gasteiger partial charge in [0.15, 0.2) is 0 Å². The van der Waals surface area contributed by atoms with E-state index in [0.717, 1.165) is 38.6 Å². The lowest BCUT2D eigenvalue weighted by Gasteiger charge is -2.34. The first-order chi connectivity index (χ1) is 7.03. The van der Waals surface area contributed by atoms with E-state index in [0.29, 0.717) is 6.04 Å². The van der Waals surface area contributed by atoms with Gasteiger partial charge in [0.2, 0.25) is 0 Å². The van der Waals surface area contributed by atoms with Gasteiger partial charge in [0.1, 0.15) is 0 Å². The van der Waals surface area contributed by atoms with Crippen LogP contribution in [0.15, 0.2) is 0 Å². The van der Waals surface area contributed by atoms with Gasteiger partial charge in [-0.05, 0) is 39.0 Å². The molecule has 1 aliphatic rings. The highest BCUT2D eigenvalue weighted by molar-refractivity contribution is 5.74. The Labute approximate surface area is 92.0 Å². The Balaban J connectivity index is 2.21. The molecule has 0 aromatic rings. The summed E-state index contributed by atoms with van der Waals surface area (Å²) in [6.45, 7) is 4.87. The number of carbonyl (C=O) groups excluding carboxylic acids is 1. The van der Waals surface area contributed by atoms with Crippen LogP contribution in [0.1, 0.15) is 46.0 Å². The molecule has 0 saturated heterocycles. The lowest BCUT2D eigenvalue weighted by molar-refractivity contribution is 0.223. The predicted molar refractivity (Wildman–Crippen MR) is 61.7 cm³/mol. The largest absolute Gasteiger partial charge is 0.338 e. The Bertz CT molecular complexity index is 206. The van der Waals surface area contributed by atoms with Gasteiger partial charge >= 0.3 is 6.03 Å². The Kier molecular flexibility index (Phi) is 4.39. The van der Waals surface area contributed by atoms with Crippen LogP contribution < -0.4 is 16.4 Å². The van der Waals surface area contributed by atoms with Crippen molar-refractivity contribution in [2.45, 2.75) is 57.5 Å². The van der Waals surface area contributed by atoms with Crippen molar-refractivity contribution in [1.82, 2.24) is 10.6 Å². The number of amides is 2. The van der Waals surface area contributed by atoms with E-state index in [1.54, 1.807) is 0 Å². The molecule has 2 amide bonds. The molecular formula is C11H23N3O. The molecule has 1 fully saturated rings. The van der Waals surface area contributed by atoms with Crippen LogP contribution in [0.4, 0.5) is 4.79 Å². The molecule has 1 saturated carbocycles. The minimum Gasteiger partial charge on any atom is -0.338 e. The minimum atomic E-state index is -0.0394. The van der Waals surface area contributed by atoms with Gasteiger partial charge in [-0.3, -0.25) is 0 Å². The Morgan fingerprint density at radius 1 is 1.47 bits per heavy atom. The molecule has 88 valence electrons. The van der Waals surface area contributed by atoms with Crippen molar-refractivity contribution < 1.29 is 4.79 Å². The third-order valence-electron chi connectivity index (χ3n) is 3.00. The van der Waals surface area contributed by atoms with Crippen molar-refractivity contribution in [3.8, 4) is 0 Å². The monoisotopic (exact) mass is 213 g/mol. The fourth-order valence-electron chi connectivity index (χ4n) is 1.90. The zero-order chi connectivity index (χ0) is 11.3. The second kappa shape index (κ2) is 5.35. The van der Waals surface area contributed by atoms with E-state index < -0.39 is 0 Å². The molecule has 1 aliphatic carbocycles. The smallest absolute Gasteiger partial charge is 0.315 e. The molecule has 4 N–H and O–H groups in total. The third kappa shape index (κ3) is 4.51. The van der Waals surface area contributed by atoms with E-state index >= 15 is 0 Å². The zero-order valence-corrected chi connectivity index (χ0v) is 9.81. The van der Waals surface area contributed by atoms with Crippen LogP contribution in [0, 0.1) is 0 Å². The summed E-state index contributed by atoms with van der Waals surface area (Å²) >= 11 is 0. The fraction of sp³-hybridized carbons (Fsp3) is 0.909. The summed E-state index contributed by atoms with van der Waals surface area (Å²) in [6.07, 6.45) is 4.94. The normalized spacial score (nSPS) is 31.0. The zero-order valence-electron chi connectivity index (χ0n) is 9.81. The van der Waals surface area contributed by atoms with Gasteiger partial charge in [0.25, 0.3) is 0 Å². The van der Waals surface area contributed by atoms with Crippen LogP contribution in [0.5, 0.6) is 0 Å².